The number of likely N-dealkylation sites (tertiary alicyclic amines) is 1. The Hall–Kier alpha value is -4.15. The van der Waals surface area contributed by atoms with Gasteiger partial charge in [-0.05, 0) is 30.0 Å². The van der Waals surface area contributed by atoms with Crippen LogP contribution in [0.15, 0.2) is 24.5 Å². The average molecular weight is 466 g/mol. The zero-order valence-electron chi connectivity index (χ0n) is 18.6. The quantitative estimate of drug-likeness (QED) is 0.502. The maximum Gasteiger partial charge on any atom is 0.413 e. The van der Waals surface area contributed by atoms with Crippen LogP contribution in [-0.4, -0.2) is 59.7 Å². The van der Waals surface area contributed by atoms with Crippen molar-refractivity contribution >= 4 is 40.0 Å². The second-order valence-electron chi connectivity index (χ2n) is 8.33. The van der Waals surface area contributed by atoms with E-state index in [-0.39, 0.29) is 29.4 Å². The van der Waals surface area contributed by atoms with Gasteiger partial charge in [-0.25, -0.2) is 19.2 Å². The molecule has 4 N–H and O–H groups in total. The monoisotopic (exact) mass is 466 g/mol. The van der Waals surface area contributed by atoms with Crippen molar-refractivity contribution in [2.45, 2.75) is 19.4 Å². The smallest absolute Gasteiger partial charge is 0.413 e. The maximum atomic E-state index is 15.3. The van der Waals surface area contributed by atoms with Crippen molar-refractivity contribution in [3.05, 3.63) is 35.9 Å². The van der Waals surface area contributed by atoms with Gasteiger partial charge in [-0.1, -0.05) is 0 Å². The molecule has 0 saturated carbocycles. The van der Waals surface area contributed by atoms with E-state index in [0.717, 1.165) is 11.3 Å². The number of benzene rings is 1. The standard InChI is InChI=1S/C23H23FN6O4/c1-11-15(8-28-22-21(11)26-3-4-33-22)14-5-12-6-17(27-9-16(12)20(25)19(14)24)29-23(32)34-13-7-18(31)30(2)10-13/h5-6,8-9,13,26H,3-4,7,10,25H2,1-2H3,(H,27,29,32). The lowest BCUT2D eigenvalue weighted by Gasteiger charge is -2.22. The number of nitrogen functional groups attached to an aromatic ring is 1. The van der Waals surface area contributed by atoms with Crippen LogP contribution in [-0.2, 0) is 9.53 Å². The summed E-state index contributed by atoms with van der Waals surface area (Å²) in [6.45, 7) is 3.33. The van der Waals surface area contributed by atoms with Gasteiger partial charge in [-0.2, -0.15) is 0 Å². The fourth-order valence-corrected chi connectivity index (χ4v) is 4.24. The predicted molar refractivity (Wildman–Crippen MR) is 124 cm³/mol. The number of ether oxygens (including phenoxy) is 2. The number of nitrogens with two attached hydrogens (primary N) is 1. The molecule has 1 aromatic carbocycles. The van der Waals surface area contributed by atoms with Crippen LogP contribution in [0.4, 0.5) is 26.4 Å². The largest absolute Gasteiger partial charge is 0.474 e. The van der Waals surface area contributed by atoms with E-state index in [2.05, 4.69) is 20.6 Å². The Morgan fingerprint density at radius 1 is 1.32 bits per heavy atom. The van der Waals surface area contributed by atoms with Crippen molar-refractivity contribution in [1.29, 1.82) is 0 Å². The summed E-state index contributed by atoms with van der Waals surface area (Å²) in [6.07, 6.45) is 1.85. The molecular weight excluding hydrogens is 443 g/mol. The Bertz CT molecular complexity index is 1330. The number of nitrogens with one attached hydrogen (secondary N) is 2. The fraction of sp³-hybridized carbons (Fsp3) is 0.304. The van der Waals surface area contributed by atoms with Crippen molar-refractivity contribution < 1.29 is 23.5 Å². The topological polar surface area (TPSA) is 132 Å². The van der Waals surface area contributed by atoms with Crippen molar-refractivity contribution in [2.75, 3.05) is 43.1 Å². The Morgan fingerprint density at radius 3 is 2.91 bits per heavy atom. The van der Waals surface area contributed by atoms with Gasteiger partial charge in [-0.15, -0.1) is 0 Å². The van der Waals surface area contributed by atoms with Gasteiger partial charge in [0.25, 0.3) is 0 Å². The first-order chi connectivity index (χ1) is 16.3. The SMILES string of the molecule is Cc1c(-c2cc3cc(NC(=O)OC4CC(=O)N(C)C4)ncc3c(N)c2F)cnc2c1NCCO2. The number of carbonyl (C=O) groups is 2. The lowest BCUT2D eigenvalue weighted by Crippen LogP contribution is -2.25. The van der Waals surface area contributed by atoms with Crippen molar-refractivity contribution in [3.63, 3.8) is 0 Å². The van der Waals surface area contributed by atoms with Crippen LogP contribution in [0.25, 0.3) is 21.9 Å². The van der Waals surface area contributed by atoms with Crippen LogP contribution >= 0.6 is 0 Å². The number of fused-ring (bicyclic) bond motifs is 2. The number of hydrogen-bond acceptors (Lipinski definition) is 8. The summed E-state index contributed by atoms with van der Waals surface area (Å²) in [6, 6.07) is 3.23. The molecule has 1 unspecified atom stereocenters. The minimum absolute atomic E-state index is 0.0528. The van der Waals surface area contributed by atoms with Gasteiger partial charge in [0.15, 0.2) is 5.82 Å². The number of pyridine rings is 2. The van der Waals surface area contributed by atoms with Gasteiger partial charge in [0.05, 0.1) is 18.7 Å². The molecule has 176 valence electrons. The molecule has 0 bridgehead atoms. The van der Waals surface area contributed by atoms with E-state index in [1.807, 2.05) is 6.92 Å². The summed E-state index contributed by atoms with van der Waals surface area (Å²) in [5.41, 5.74) is 8.41. The van der Waals surface area contributed by atoms with Gasteiger partial charge in [0.2, 0.25) is 11.8 Å². The highest BCUT2D eigenvalue weighted by atomic mass is 19.1. The molecule has 2 amide bonds. The second kappa shape index (κ2) is 8.32. The minimum atomic E-state index is -0.726. The molecule has 1 fully saturated rings. The average Bonchev–Trinajstić information content (AvgIpc) is 3.13. The van der Waals surface area contributed by atoms with Crippen LogP contribution in [0.2, 0.25) is 0 Å². The van der Waals surface area contributed by atoms with Crippen LogP contribution in [0.1, 0.15) is 12.0 Å². The molecule has 2 aromatic heterocycles. The second-order valence-corrected chi connectivity index (χ2v) is 8.33. The Morgan fingerprint density at radius 2 is 2.15 bits per heavy atom. The molecule has 11 heteroatoms. The van der Waals surface area contributed by atoms with Crippen molar-refractivity contribution in [2.24, 2.45) is 0 Å². The molecule has 1 saturated heterocycles. The highest BCUT2D eigenvalue weighted by molar-refractivity contribution is 5.99. The van der Waals surface area contributed by atoms with Gasteiger partial charge in [-0.3, -0.25) is 10.1 Å². The molecule has 3 aromatic rings. The third-order valence-corrected chi connectivity index (χ3v) is 6.04. The summed E-state index contributed by atoms with van der Waals surface area (Å²) in [4.78, 5) is 33.9. The molecular formula is C23H23FN6O4. The molecule has 10 nitrogen and oxygen atoms in total. The molecule has 4 heterocycles. The summed E-state index contributed by atoms with van der Waals surface area (Å²) in [7, 11) is 1.65. The molecule has 5 rings (SSSR count). The van der Waals surface area contributed by atoms with E-state index in [1.54, 1.807) is 25.4 Å². The summed E-state index contributed by atoms with van der Waals surface area (Å²) in [5.74, 6) is 0.0277. The zero-order chi connectivity index (χ0) is 24.0. The third-order valence-electron chi connectivity index (χ3n) is 6.04. The summed E-state index contributed by atoms with van der Waals surface area (Å²) < 4.78 is 26.1. The van der Waals surface area contributed by atoms with Crippen molar-refractivity contribution in [1.82, 2.24) is 14.9 Å². The molecule has 2 aliphatic rings. The maximum absolute atomic E-state index is 15.3. The molecule has 2 aliphatic heterocycles. The Labute approximate surface area is 194 Å². The number of hydrogen-bond donors (Lipinski definition) is 3. The van der Waals surface area contributed by atoms with Gasteiger partial charge < -0.3 is 25.4 Å². The molecule has 0 spiro atoms. The van der Waals surface area contributed by atoms with Gasteiger partial charge in [0, 0.05) is 42.5 Å². The number of carbonyl (C=O) groups excluding carboxylic acids is 2. The summed E-state index contributed by atoms with van der Waals surface area (Å²) >= 11 is 0. The first kappa shape index (κ1) is 21.7. The van der Waals surface area contributed by atoms with Crippen LogP contribution in [0.5, 0.6) is 5.88 Å². The van der Waals surface area contributed by atoms with E-state index in [9.17, 15) is 9.59 Å². The number of amides is 2. The Kier molecular flexibility index (Phi) is 5.31. The number of likely N-dealkylation sites (N-methyl/N-ethyl adjacent to an activating group) is 1. The van der Waals surface area contributed by atoms with E-state index >= 15 is 4.39 Å². The van der Waals surface area contributed by atoms with Gasteiger partial charge in [0.1, 0.15) is 24.2 Å². The predicted octanol–water partition coefficient (Wildman–Crippen LogP) is 2.91. The minimum Gasteiger partial charge on any atom is -0.474 e. The van der Waals surface area contributed by atoms with Crippen LogP contribution in [0.3, 0.4) is 0 Å². The van der Waals surface area contributed by atoms with Crippen LogP contribution in [0, 0.1) is 12.7 Å². The van der Waals surface area contributed by atoms with Gasteiger partial charge >= 0.3 is 6.09 Å². The highest BCUT2D eigenvalue weighted by Crippen LogP contribution is 2.39. The molecule has 1 atom stereocenters. The number of halogens is 1. The highest BCUT2D eigenvalue weighted by Gasteiger charge is 2.30. The lowest BCUT2D eigenvalue weighted by atomic mass is 9.97. The first-order valence-electron chi connectivity index (χ1n) is 10.8. The third kappa shape index (κ3) is 3.78. The molecule has 0 radical (unpaired) electrons. The summed E-state index contributed by atoms with van der Waals surface area (Å²) in [5, 5.41) is 6.79. The fourth-order valence-electron chi connectivity index (χ4n) is 4.24. The number of rotatable bonds is 3. The lowest BCUT2D eigenvalue weighted by molar-refractivity contribution is -0.126. The normalized spacial score (nSPS) is 17.2. The van der Waals surface area contributed by atoms with E-state index in [4.69, 9.17) is 15.2 Å². The van der Waals surface area contributed by atoms with Crippen molar-refractivity contribution in [3.8, 4) is 17.0 Å². The van der Waals surface area contributed by atoms with E-state index in [0.29, 0.717) is 41.9 Å². The number of aromatic nitrogens is 2. The molecule has 0 aliphatic carbocycles. The Balaban J connectivity index is 1.46. The number of nitrogens with zero attached hydrogens (tertiary/aromatic N) is 3. The number of anilines is 3. The van der Waals surface area contributed by atoms with Crippen LogP contribution < -0.4 is 21.1 Å². The van der Waals surface area contributed by atoms with E-state index < -0.39 is 18.0 Å². The zero-order valence-corrected chi connectivity index (χ0v) is 18.6. The van der Waals surface area contributed by atoms with E-state index in [1.165, 1.54) is 11.1 Å². The molecule has 34 heavy (non-hydrogen) atoms. The first-order valence-corrected chi connectivity index (χ1v) is 10.8.